The second-order valence-corrected chi connectivity index (χ2v) is 6.15. The molecule has 0 unspecified atom stereocenters. The van der Waals surface area contributed by atoms with Gasteiger partial charge in [0.15, 0.2) is 0 Å². The molecule has 8 heteroatoms. The van der Waals surface area contributed by atoms with E-state index in [0.717, 1.165) is 23.4 Å². The smallest absolute Gasteiger partial charge is 0.387 e. The molecule has 0 aliphatic rings. The largest absolute Gasteiger partial charge is 0.435 e. The quantitative estimate of drug-likeness (QED) is 0.512. The second kappa shape index (κ2) is 8.16. The molecule has 1 amide bonds. The number of benzene rings is 2. The van der Waals surface area contributed by atoms with Crippen LogP contribution < -0.4 is 10.2 Å². The number of fused-ring (bicyclic) bond motifs is 1. The SMILES string of the molecule is CCn1c(C)nc2cc(C(=O)N/N=C(/C)c3cccc(OC(F)F)c3)ccc21. The Morgan fingerprint density at radius 1 is 1.25 bits per heavy atom. The van der Waals surface area contributed by atoms with Crippen LogP contribution in [-0.2, 0) is 6.54 Å². The molecule has 0 saturated carbocycles. The van der Waals surface area contributed by atoms with Crippen molar-refractivity contribution in [2.75, 3.05) is 0 Å². The number of hydrazone groups is 1. The molecule has 1 N–H and O–H groups in total. The molecule has 0 fully saturated rings. The number of nitrogens with one attached hydrogen (secondary N) is 1. The highest BCUT2D eigenvalue weighted by atomic mass is 19.3. The van der Waals surface area contributed by atoms with E-state index in [2.05, 4.69) is 24.8 Å². The standard InChI is InChI=1S/C20H20F2N4O2/c1-4-26-13(3)23-17-11-15(8-9-18(17)26)19(27)25-24-12(2)14-6-5-7-16(10-14)28-20(21)22/h5-11,20H,4H2,1-3H3,(H,25,27)/b24-12-. The average Bonchev–Trinajstić information content (AvgIpc) is 2.99. The summed E-state index contributed by atoms with van der Waals surface area (Å²) in [6, 6.07) is 11.4. The van der Waals surface area contributed by atoms with Gasteiger partial charge in [-0.05, 0) is 51.1 Å². The summed E-state index contributed by atoms with van der Waals surface area (Å²) in [5, 5.41) is 4.06. The van der Waals surface area contributed by atoms with Gasteiger partial charge in [-0.1, -0.05) is 12.1 Å². The van der Waals surface area contributed by atoms with Crippen LogP contribution in [0.3, 0.4) is 0 Å². The highest BCUT2D eigenvalue weighted by molar-refractivity contribution is 6.01. The van der Waals surface area contributed by atoms with Crippen molar-refractivity contribution < 1.29 is 18.3 Å². The van der Waals surface area contributed by atoms with Crippen molar-refractivity contribution in [1.82, 2.24) is 15.0 Å². The van der Waals surface area contributed by atoms with E-state index >= 15 is 0 Å². The molecular formula is C20H20F2N4O2. The number of rotatable bonds is 6. The lowest BCUT2D eigenvalue weighted by molar-refractivity contribution is -0.0498. The third-order valence-corrected chi connectivity index (χ3v) is 4.32. The van der Waals surface area contributed by atoms with Crippen molar-refractivity contribution in [1.29, 1.82) is 0 Å². The number of carbonyl (C=O) groups excluding carboxylic acids is 1. The van der Waals surface area contributed by atoms with Crippen LogP contribution in [0.5, 0.6) is 5.75 Å². The van der Waals surface area contributed by atoms with Gasteiger partial charge in [-0.15, -0.1) is 0 Å². The minimum Gasteiger partial charge on any atom is -0.435 e. The van der Waals surface area contributed by atoms with Crippen molar-refractivity contribution in [3.05, 3.63) is 59.4 Å². The Labute approximate surface area is 160 Å². The summed E-state index contributed by atoms with van der Waals surface area (Å²) in [7, 11) is 0. The van der Waals surface area contributed by atoms with Gasteiger partial charge in [0.1, 0.15) is 11.6 Å². The van der Waals surface area contributed by atoms with Crippen LogP contribution in [-0.4, -0.2) is 27.8 Å². The van der Waals surface area contributed by atoms with Crippen LogP contribution in [0.4, 0.5) is 8.78 Å². The maximum atomic E-state index is 12.4. The minimum atomic E-state index is -2.90. The first-order valence-corrected chi connectivity index (χ1v) is 8.75. The molecule has 2 aromatic carbocycles. The van der Waals surface area contributed by atoms with E-state index in [9.17, 15) is 13.6 Å². The molecule has 28 heavy (non-hydrogen) atoms. The Morgan fingerprint density at radius 2 is 2.04 bits per heavy atom. The van der Waals surface area contributed by atoms with Gasteiger partial charge in [0.05, 0.1) is 16.7 Å². The molecule has 3 rings (SSSR count). The summed E-state index contributed by atoms with van der Waals surface area (Å²) in [5.74, 6) is 0.528. The number of carbonyl (C=O) groups is 1. The summed E-state index contributed by atoms with van der Waals surface area (Å²) in [6.45, 7) is 3.51. The summed E-state index contributed by atoms with van der Waals surface area (Å²) < 4.78 is 31.1. The zero-order valence-electron chi connectivity index (χ0n) is 15.7. The van der Waals surface area contributed by atoms with Crippen molar-refractivity contribution >= 4 is 22.7 Å². The fourth-order valence-electron chi connectivity index (χ4n) is 2.95. The number of hydrogen-bond donors (Lipinski definition) is 1. The van der Waals surface area contributed by atoms with E-state index < -0.39 is 6.61 Å². The minimum absolute atomic E-state index is 0.0284. The number of halogens is 2. The fraction of sp³-hybridized carbons (Fsp3) is 0.250. The highest BCUT2D eigenvalue weighted by Gasteiger charge is 2.11. The molecule has 0 bridgehead atoms. The van der Waals surface area contributed by atoms with Gasteiger partial charge in [-0.2, -0.15) is 13.9 Å². The molecule has 146 valence electrons. The third-order valence-electron chi connectivity index (χ3n) is 4.32. The van der Waals surface area contributed by atoms with E-state index in [1.54, 1.807) is 31.2 Å². The molecular weight excluding hydrogens is 366 g/mol. The molecule has 0 radical (unpaired) electrons. The molecule has 0 aliphatic carbocycles. The Bertz CT molecular complexity index is 1040. The summed E-state index contributed by atoms with van der Waals surface area (Å²) in [4.78, 5) is 16.9. The Balaban J connectivity index is 1.76. The van der Waals surface area contributed by atoms with Crippen LogP contribution in [0.15, 0.2) is 47.6 Å². The lowest BCUT2D eigenvalue weighted by atomic mass is 10.1. The number of alkyl halides is 2. The Kier molecular flexibility index (Phi) is 5.67. The van der Waals surface area contributed by atoms with Crippen molar-refractivity contribution in [3.63, 3.8) is 0 Å². The summed E-state index contributed by atoms with van der Waals surface area (Å²) in [6.07, 6.45) is 0. The first-order valence-electron chi connectivity index (χ1n) is 8.75. The monoisotopic (exact) mass is 386 g/mol. The van der Waals surface area contributed by atoms with Gasteiger partial charge < -0.3 is 9.30 Å². The maximum absolute atomic E-state index is 12.4. The highest BCUT2D eigenvalue weighted by Crippen LogP contribution is 2.18. The Morgan fingerprint density at radius 3 is 2.75 bits per heavy atom. The number of ether oxygens (including phenoxy) is 1. The van der Waals surface area contributed by atoms with Crippen LogP contribution >= 0.6 is 0 Å². The average molecular weight is 386 g/mol. The lowest BCUT2D eigenvalue weighted by Gasteiger charge is -2.07. The van der Waals surface area contributed by atoms with Crippen LogP contribution in [0.2, 0.25) is 0 Å². The normalized spacial score (nSPS) is 11.9. The van der Waals surface area contributed by atoms with Gasteiger partial charge >= 0.3 is 6.61 Å². The first-order chi connectivity index (χ1) is 13.4. The molecule has 0 atom stereocenters. The number of nitrogens with zero attached hydrogens (tertiary/aromatic N) is 3. The van der Waals surface area contributed by atoms with E-state index in [1.807, 2.05) is 19.9 Å². The molecule has 0 spiro atoms. The molecule has 1 heterocycles. The number of hydrogen-bond acceptors (Lipinski definition) is 4. The van der Waals surface area contributed by atoms with Gasteiger partial charge in [-0.25, -0.2) is 10.4 Å². The molecule has 3 aromatic rings. The number of amides is 1. The van der Waals surface area contributed by atoms with Crippen LogP contribution in [0.25, 0.3) is 11.0 Å². The Hall–Kier alpha value is -3.29. The van der Waals surface area contributed by atoms with Crippen molar-refractivity contribution in [2.24, 2.45) is 5.10 Å². The molecule has 6 nitrogen and oxygen atoms in total. The predicted molar refractivity (Wildman–Crippen MR) is 103 cm³/mol. The van der Waals surface area contributed by atoms with Crippen LogP contribution in [0.1, 0.15) is 35.6 Å². The van der Waals surface area contributed by atoms with Gasteiger partial charge in [0.25, 0.3) is 5.91 Å². The van der Waals surface area contributed by atoms with E-state index in [4.69, 9.17) is 0 Å². The van der Waals surface area contributed by atoms with Gasteiger partial charge in [0, 0.05) is 17.7 Å². The van der Waals surface area contributed by atoms with E-state index in [0.29, 0.717) is 16.8 Å². The number of aromatic nitrogens is 2. The van der Waals surface area contributed by atoms with Gasteiger partial charge in [-0.3, -0.25) is 4.79 Å². The number of imidazole rings is 1. The molecule has 0 saturated heterocycles. The lowest BCUT2D eigenvalue weighted by Crippen LogP contribution is -2.19. The zero-order chi connectivity index (χ0) is 20.3. The topological polar surface area (TPSA) is 68.5 Å². The first kappa shape index (κ1) is 19.5. The van der Waals surface area contributed by atoms with Crippen molar-refractivity contribution in [3.8, 4) is 5.75 Å². The fourth-order valence-corrected chi connectivity index (χ4v) is 2.95. The van der Waals surface area contributed by atoms with Gasteiger partial charge in [0.2, 0.25) is 0 Å². The molecule has 1 aromatic heterocycles. The second-order valence-electron chi connectivity index (χ2n) is 6.15. The maximum Gasteiger partial charge on any atom is 0.387 e. The zero-order valence-corrected chi connectivity index (χ0v) is 15.7. The van der Waals surface area contributed by atoms with E-state index in [1.165, 1.54) is 12.1 Å². The predicted octanol–water partition coefficient (Wildman–Crippen LogP) is 4.12. The van der Waals surface area contributed by atoms with Crippen LogP contribution in [0, 0.1) is 6.92 Å². The third kappa shape index (κ3) is 4.16. The van der Waals surface area contributed by atoms with E-state index in [-0.39, 0.29) is 11.7 Å². The molecule has 0 aliphatic heterocycles. The summed E-state index contributed by atoms with van der Waals surface area (Å²) in [5.41, 5.74) is 5.64. The number of aryl methyl sites for hydroxylation is 2. The summed E-state index contributed by atoms with van der Waals surface area (Å²) >= 11 is 0. The van der Waals surface area contributed by atoms with Crippen molar-refractivity contribution in [2.45, 2.75) is 33.9 Å².